The van der Waals surface area contributed by atoms with Crippen LogP contribution in [0.15, 0.2) is 48.5 Å². The summed E-state index contributed by atoms with van der Waals surface area (Å²) in [6.07, 6.45) is -0.513. The molecule has 0 aliphatic carbocycles. The van der Waals surface area contributed by atoms with Gasteiger partial charge in [-0.1, -0.05) is 48.5 Å². The molecule has 1 atom stereocenters. The largest absolute Gasteiger partial charge is 0.376 e. The number of nitrogens with one attached hydrogen (secondary N) is 1. The van der Waals surface area contributed by atoms with Gasteiger partial charge in [-0.3, -0.25) is 4.79 Å². The van der Waals surface area contributed by atoms with Gasteiger partial charge >= 0.3 is 0 Å². The number of nitrogens with zero attached hydrogens (tertiary/aromatic N) is 1. The predicted molar refractivity (Wildman–Crippen MR) is 102 cm³/mol. The van der Waals surface area contributed by atoms with Crippen molar-refractivity contribution in [2.75, 3.05) is 33.9 Å². The smallest absolute Gasteiger partial charge is 0.251 e. The van der Waals surface area contributed by atoms with Crippen molar-refractivity contribution in [2.45, 2.75) is 19.2 Å². The van der Waals surface area contributed by atoms with Crippen LogP contribution in [0.3, 0.4) is 0 Å². The second-order valence-corrected chi connectivity index (χ2v) is 6.74. The molecule has 5 nitrogen and oxygen atoms in total. The van der Waals surface area contributed by atoms with Crippen molar-refractivity contribution in [3.63, 3.8) is 0 Å². The molecule has 3 rings (SSSR count). The van der Waals surface area contributed by atoms with Crippen molar-refractivity contribution < 1.29 is 14.3 Å². The van der Waals surface area contributed by atoms with E-state index in [1.807, 2.05) is 18.2 Å². The van der Waals surface area contributed by atoms with Crippen LogP contribution in [0.2, 0.25) is 0 Å². The van der Waals surface area contributed by atoms with Crippen LogP contribution in [0.1, 0.15) is 11.1 Å². The van der Waals surface area contributed by atoms with Gasteiger partial charge in [-0.05, 0) is 36.3 Å². The van der Waals surface area contributed by atoms with Crippen LogP contribution >= 0.6 is 0 Å². The van der Waals surface area contributed by atoms with Crippen molar-refractivity contribution in [1.82, 2.24) is 10.2 Å². The summed E-state index contributed by atoms with van der Waals surface area (Å²) in [5.74, 6) is -0.124. The van der Waals surface area contributed by atoms with Crippen LogP contribution in [-0.4, -0.2) is 50.8 Å². The number of rotatable bonds is 6. The Morgan fingerprint density at radius 3 is 2.58 bits per heavy atom. The van der Waals surface area contributed by atoms with Gasteiger partial charge in [-0.25, -0.2) is 0 Å². The van der Waals surface area contributed by atoms with Crippen molar-refractivity contribution in [1.29, 1.82) is 0 Å². The molecular weight excluding hydrogens is 328 g/mol. The summed E-state index contributed by atoms with van der Waals surface area (Å²) >= 11 is 0. The highest BCUT2D eigenvalue weighted by Gasteiger charge is 2.22. The Balaban J connectivity index is 1.68. The molecule has 0 bridgehead atoms. The van der Waals surface area contributed by atoms with Crippen LogP contribution in [0, 0.1) is 0 Å². The van der Waals surface area contributed by atoms with Crippen molar-refractivity contribution >= 4 is 5.91 Å². The number of amides is 1. The van der Waals surface area contributed by atoms with Gasteiger partial charge in [0.1, 0.15) is 0 Å². The maximum absolute atomic E-state index is 12.2. The summed E-state index contributed by atoms with van der Waals surface area (Å²) in [6.45, 7) is 2.72. The molecule has 1 aliphatic heterocycles. The van der Waals surface area contributed by atoms with Gasteiger partial charge < -0.3 is 19.7 Å². The molecule has 1 saturated heterocycles. The Morgan fingerprint density at radius 2 is 1.88 bits per heavy atom. The summed E-state index contributed by atoms with van der Waals surface area (Å²) in [7, 11) is 4.12. The van der Waals surface area contributed by atoms with E-state index >= 15 is 0 Å². The van der Waals surface area contributed by atoms with E-state index in [1.54, 1.807) is 0 Å². The fraction of sp³-hybridized carbons (Fsp3) is 0.381. The van der Waals surface area contributed by atoms with E-state index in [2.05, 4.69) is 54.6 Å². The number of benzene rings is 2. The first-order valence-corrected chi connectivity index (χ1v) is 8.92. The van der Waals surface area contributed by atoms with Crippen molar-refractivity contribution in [3.8, 4) is 11.1 Å². The lowest BCUT2D eigenvalue weighted by Gasteiger charge is -2.22. The summed E-state index contributed by atoms with van der Waals surface area (Å²) < 4.78 is 10.7. The highest BCUT2D eigenvalue weighted by molar-refractivity contribution is 5.81. The topological polar surface area (TPSA) is 50.8 Å². The Morgan fingerprint density at radius 1 is 1.12 bits per heavy atom. The number of hydrogen-bond donors (Lipinski definition) is 1. The van der Waals surface area contributed by atoms with Gasteiger partial charge in [-0.2, -0.15) is 0 Å². The highest BCUT2D eigenvalue weighted by atomic mass is 16.6. The molecule has 5 heteroatoms. The Labute approximate surface area is 154 Å². The first-order valence-electron chi connectivity index (χ1n) is 8.92. The Bertz CT molecular complexity index is 722. The lowest BCUT2D eigenvalue weighted by Crippen LogP contribution is -2.42. The van der Waals surface area contributed by atoms with Crippen LogP contribution in [0.5, 0.6) is 0 Å². The third-order valence-corrected chi connectivity index (χ3v) is 4.34. The first kappa shape index (κ1) is 18.6. The zero-order valence-corrected chi connectivity index (χ0v) is 15.4. The zero-order valence-electron chi connectivity index (χ0n) is 15.4. The molecule has 1 unspecified atom stereocenters. The molecule has 0 aromatic heterocycles. The quantitative estimate of drug-likeness (QED) is 0.866. The van der Waals surface area contributed by atoms with E-state index in [1.165, 1.54) is 5.56 Å². The SMILES string of the molecule is CN(C)Cc1ccc(-c2ccccc2CNC(=O)C2COCCO2)cc1. The molecule has 1 amide bonds. The molecule has 1 N–H and O–H groups in total. The van der Waals surface area contributed by atoms with Gasteiger partial charge in [-0.15, -0.1) is 0 Å². The molecule has 1 aliphatic rings. The number of ether oxygens (including phenoxy) is 2. The third kappa shape index (κ3) is 4.91. The summed E-state index contributed by atoms with van der Waals surface area (Å²) in [4.78, 5) is 14.4. The van der Waals surface area contributed by atoms with E-state index in [9.17, 15) is 4.79 Å². The molecule has 26 heavy (non-hydrogen) atoms. The number of carbonyl (C=O) groups is 1. The normalized spacial score (nSPS) is 17.3. The molecule has 1 fully saturated rings. The first-order chi connectivity index (χ1) is 12.6. The standard InChI is InChI=1S/C21H26N2O3/c1-23(2)14-16-7-9-17(10-8-16)19-6-4-3-5-18(19)13-22-21(24)20-15-25-11-12-26-20/h3-10,20H,11-15H2,1-2H3,(H,22,24). The molecule has 0 radical (unpaired) electrons. The van der Waals surface area contributed by atoms with E-state index in [0.29, 0.717) is 26.4 Å². The van der Waals surface area contributed by atoms with Gasteiger partial charge in [0, 0.05) is 13.1 Å². The number of hydrogen-bond acceptors (Lipinski definition) is 4. The predicted octanol–water partition coefficient (Wildman–Crippen LogP) is 2.45. The molecule has 0 spiro atoms. The van der Waals surface area contributed by atoms with E-state index in [0.717, 1.165) is 23.2 Å². The minimum Gasteiger partial charge on any atom is -0.376 e. The van der Waals surface area contributed by atoms with Crippen molar-refractivity contribution in [3.05, 3.63) is 59.7 Å². The monoisotopic (exact) mass is 354 g/mol. The molecule has 0 saturated carbocycles. The minimum absolute atomic E-state index is 0.124. The van der Waals surface area contributed by atoms with Gasteiger partial charge in [0.2, 0.25) is 0 Å². The number of carbonyl (C=O) groups excluding carboxylic acids is 1. The summed E-state index contributed by atoms with van der Waals surface area (Å²) in [5, 5.41) is 2.97. The van der Waals surface area contributed by atoms with Gasteiger partial charge in [0.25, 0.3) is 5.91 Å². The fourth-order valence-electron chi connectivity index (χ4n) is 3.05. The maximum Gasteiger partial charge on any atom is 0.251 e. The van der Waals surface area contributed by atoms with E-state index in [4.69, 9.17) is 9.47 Å². The van der Waals surface area contributed by atoms with Crippen LogP contribution in [-0.2, 0) is 27.4 Å². The lowest BCUT2D eigenvalue weighted by molar-refractivity contribution is -0.147. The lowest BCUT2D eigenvalue weighted by atomic mass is 9.98. The second-order valence-electron chi connectivity index (χ2n) is 6.74. The highest BCUT2D eigenvalue weighted by Crippen LogP contribution is 2.24. The molecule has 1 heterocycles. The van der Waals surface area contributed by atoms with Crippen LogP contribution in [0.4, 0.5) is 0 Å². The molecule has 138 valence electrons. The Kier molecular flexibility index (Phi) is 6.39. The Hall–Kier alpha value is -2.21. The van der Waals surface area contributed by atoms with Gasteiger partial charge in [0.15, 0.2) is 6.10 Å². The van der Waals surface area contributed by atoms with Crippen LogP contribution < -0.4 is 5.32 Å². The second kappa shape index (κ2) is 8.94. The van der Waals surface area contributed by atoms with Gasteiger partial charge in [0.05, 0.1) is 19.8 Å². The van der Waals surface area contributed by atoms with Crippen LogP contribution in [0.25, 0.3) is 11.1 Å². The summed E-state index contributed by atoms with van der Waals surface area (Å²) in [5.41, 5.74) is 4.64. The van der Waals surface area contributed by atoms with Crippen molar-refractivity contribution in [2.24, 2.45) is 0 Å². The molecule has 2 aromatic rings. The minimum atomic E-state index is -0.513. The van der Waals surface area contributed by atoms with E-state index in [-0.39, 0.29) is 5.91 Å². The van der Waals surface area contributed by atoms with E-state index < -0.39 is 6.10 Å². The summed E-state index contributed by atoms with van der Waals surface area (Å²) in [6, 6.07) is 16.7. The molecular formula is C21H26N2O3. The average Bonchev–Trinajstić information content (AvgIpc) is 2.67. The molecule has 2 aromatic carbocycles. The third-order valence-electron chi connectivity index (χ3n) is 4.34. The fourth-order valence-corrected chi connectivity index (χ4v) is 3.05. The average molecular weight is 354 g/mol. The maximum atomic E-state index is 12.2. The zero-order chi connectivity index (χ0) is 18.4.